The molecule has 0 aliphatic carbocycles. The first-order valence-corrected chi connectivity index (χ1v) is 8.84. The Labute approximate surface area is 138 Å². The van der Waals surface area contributed by atoms with Gasteiger partial charge in [0.2, 0.25) is 0 Å². The smallest absolute Gasteiger partial charge is 0.100 e. The van der Waals surface area contributed by atoms with E-state index in [9.17, 15) is 0 Å². The summed E-state index contributed by atoms with van der Waals surface area (Å²) in [5, 5.41) is 0. The van der Waals surface area contributed by atoms with Gasteiger partial charge in [0.15, 0.2) is 0 Å². The highest BCUT2D eigenvalue weighted by molar-refractivity contribution is 14.1. The van der Waals surface area contributed by atoms with Crippen LogP contribution in [0, 0.1) is 5.92 Å². The summed E-state index contributed by atoms with van der Waals surface area (Å²) in [5.41, 5.74) is 0.912. The fourth-order valence-corrected chi connectivity index (χ4v) is 3.06. The summed E-state index contributed by atoms with van der Waals surface area (Å²) in [7, 11) is 0. The highest BCUT2D eigenvalue weighted by Gasteiger charge is 2.28. The summed E-state index contributed by atoms with van der Waals surface area (Å²) in [5.74, 6) is 0.569. The lowest BCUT2D eigenvalue weighted by Gasteiger charge is -2.29. The molecule has 1 aromatic rings. The Morgan fingerprint density at radius 2 is 1.95 bits per heavy atom. The summed E-state index contributed by atoms with van der Waals surface area (Å²) >= 11 is 5.97. The van der Waals surface area contributed by atoms with Crippen molar-refractivity contribution in [3.8, 4) is 0 Å². The van der Waals surface area contributed by atoms with Crippen LogP contribution in [-0.4, -0.2) is 24.2 Å². The molecule has 0 amide bonds. The molecule has 1 unspecified atom stereocenters. The molecular formula is C15H22BrIO2. The van der Waals surface area contributed by atoms with Crippen molar-refractivity contribution < 1.29 is 9.47 Å². The Kier molecular flexibility index (Phi) is 7.87. The summed E-state index contributed by atoms with van der Waals surface area (Å²) in [6, 6.07) is 8.23. The van der Waals surface area contributed by atoms with Crippen LogP contribution >= 0.6 is 38.5 Å². The fraction of sp³-hybridized carbons (Fsp3) is 0.600. The third-order valence-electron chi connectivity index (χ3n) is 2.80. The van der Waals surface area contributed by atoms with Gasteiger partial charge in [-0.2, -0.15) is 0 Å². The number of halogens is 2. The molecule has 0 heterocycles. The monoisotopic (exact) mass is 440 g/mol. The van der Waals surface area contributed by atoms with Gasteiger partial charge < -0.3 is 9.47 Å². The molecule has 19 heavy (non-hydrogen) atoms. The van der Waals surface area contributed by atoms with Gasteiger partial charge in [0.1, 0.15) is 5.60 Å². The van der Waals surface area contributed by atoms with E-state index >= 15 is 0 Å². The second kappa shape index (κ2) is 8.60. The maximum atomic E-state index is 6.06. The lowest BCUT2D eigenvalue weighted by Crippen LogP contribution is -2.30. The molecule has 0 spiro atoms. The summed E-state index contributed by atoms with van der Waals surface area (Å²) in [6.07, 6.45) is 0. The van der Waals surface area contributed by atoms with Crippen LogP contribution in [0.3, 0.4) is 0 Å². The van der Waals surface area contributed by atoms with Gasteiger partial charge in [-0.1, -0.05) is 70.6 Å². The highest BCUT2D eigenvalue weighted by atomic mass is 127. The van der Waals surface area contributed by atoms with Gasteiger partial charge in [-0.05, 0) is 24.5 Å². The van der Waals surface area contributed by atoms with Crippen LogP contribution in [0.5, 0.6) is 0 Å². The molecule has 0 radical (unpaired) electrons. The fourth-order valence-electron chi connectivity index (χ4n) is 1.72. The molecule has 0 fully saturated rings. The largest absolute Gasteiger partial charge is 0.379 e. The van der Waals surface area contributed by atoms with E-state index in [1.807, 2.05) is 12.1 Å². The second-order valence-electron chi connectivity index (χ2n) is 5.16. The first kappa shape index (κ1) is 17.4. The minimum atomic E-state index is -0.276. The van der Waals surface area contributed by atoms with Gasteiger partial charge in [0.25, 0.3) is 0 Å². The molecule has 1 aromatic carbocycles. The van der Waals surface area contributed by atoms with E-state index in [1.54, 1.807) is 0 Å². The number of benzene rings is 1. The molecule has 0 aliphatic rings. The van der Waals surface area contributed by atoms with Crippen molar-refractivity contribution in [2.45, 2.75) is 26.4 Å². The standard InChI is InChI=1S/C15H22BrIO2/c1-12(2)10-18-8-9-19-15(3,11-17)13-6-4-5-7-14(13)16/h4-7,12H,8-11H2,1-3H3. The quantitative estimate of drug-likeness (QED) is 0.328. The van der Waals surface area contributed by atoms with E-state index in [1.165, 1.54) is 5.56 Å². The van der Waals surface area contributed by atoms with Crippen molar-refractivity contribution in [3.05, 3.63) is 34.3 Å². The summed E-state index contributed by atoms with van der Waals surface area (Å²) in [4.78, 5) is 0. The van der Waals surface area contributed by atoms with Gasteiger partial charge in [-0.25, -0.2) is 0 Å². The van der Waals surface area contributed by atoms with Gasteiger partial charge in [0, 0.05) is 15.5 Å². The predicted octanol–water partition coefficient (Wildman–Crippen LogP) is 4.79. The van der Waals surface area contributed by atoms with Crippen LogP contribution in [0.2, 0.25) is 0 Å². The van der Waals surface area contributed by atoms with Crippen molar-refractivity contribution in [2.24, 2.45) is 5.92 Å². The Hall–Kier alpha value is 0.350. The predicted molar refractivity (Wildman–Crippen MR) is 92.0 cm³/mol. The van der Waals surface area contributed by atoms with E-state index in [-0.39, 0.29) is 5.60 Å². The van der Waals surface area contributed by atoms with E-state index in [0.29, 0.717) is 19.1 Å². The average molecular weight is 441 g/mol. The molecule has 0 aromatic heterocycles. The Morgan fingerprint density at radius 1 is 1.26 bits per heavy atom. The third-order valence-corrected chi connectivity index (χ3v) is 4.95. The van der Waals surface area contributed by atoms with Crippen LogP contribution in [0.15, 0.2) is 28.7 Å². The molecule has 0 N–H and O–H groups in total. The van der Waals surface area contributed by atoms with Crippen molar-refractivity contribution in [1.82, 2.24) is 0 Å². The van der Waals surface area contributed by atoms with Crippen molar-refractivity contribution >= 4 is 38.5 Å². The lowest BCUT2D eigenvalue weighted by molar-refractivity contribution is -0.0479. The van der Waals surface area contributed by atoms with Crippen LogP contribution in [0.1, 0.15) is 26.3 Å². The summed E-state index contributed by atoms with van der Waals surface area (Å²) < 4.78 is 13.6. The van der Waals surface area contributed by atoms with Crippen molar-refractivity contribution in [1.29, 1.82) is 0 Å². The molecular weight excluding hydrogens is 419 g/mol. The van der Waals surface area contributed by atoms with Gasteiger partial charge in [0.05, 0.1) is 13.2 Å². The average Bonchev–Trinajstić information content (AvgIpc) is 2.38. The van der Waals surface area contributed by atoms with E-state index < -0.39 is 0 Å². The minimum Gasteiger partial charge on any atom is -0.379 e. The normalized spacial score (nSPS) is 14.6. The third kappa shape index (κ3) is 5.69. The Balaban J connectivity index is 2.54. The zero-order valence-electron chi connectivity index (χ0n) is 11.8. The Bertz CT molecular complexity index is 384. The zero-order chi connectivity index (χ0) is 14.3. The molecule has 0 saturated carbocycles. The number of hydrogen-bond donors (Lipinski definition) is 0. The number of ether oxygens (including phenoxy) is 2. The highest BCUT2D eigenvalue weighted by Crippen LogP contribution is 2.33. The van der Waals surface area contributed by atoms with Crippen LogP contribution in [0.25, 0.3) is 0 Å². The van der Waals surface area contributed by atoms with Crippen LogP contribution < -0.4 is 0 Å². The molecule has 2 nitrogen and oxygen atoms in total. The molecule has 1 rings (SSSR count). The lowest BCUT2D eigenvalue weighted by atomic mass is 9.98. The molecule has 4 heteroatoms. The topological polar surface area (TPSA) is 18.5 Å². The van der Waals surface area contributed by atoms with Gasteiger partial charge >= 0.3 is 0 Å². The van der Waals surface area contributed by atoms with Crippen molar-refractivity contribution in [3.63, 3.8) is 0 Å². The number of alkyl halides is 1. The molecule has 0 saturated heterocycles. The van der Waals surface area contributed by atoms with E-state index in [4.69, 9.17) is 9.47 Å². The zero-order valence-corrected chi connectivity index (χ0v) is 15.5. The van der Waals surface area contributed by atoms with Gasteiger partial charge in [-0.3, -0.25) is 0 Å². The molecule has 1 atom stereocenters. The van der Waals surface area contributed by atoms with Crippen LogP contribution in [-0.2, 0) is 15.1 Å². The number of rotatable bonds is 8. The first-order chi connectivity index (χ1) is 8.99. The second-order valence-corrected chi connectivity index (χ2v) is 6.78. The molecule has 108 valence electrons. The Morgan fingerprint density at radius 3 is 2.53 bits per heavy atom. The summed E-state index contributed by atoms with van der Waals surface area (Å²) in [6.45, 7) is 8.48. The number of hydrogen-bond acceptors (Lipinski definition) is 2. The SMILES string of the molecule is CC(C)COCCOC(C)(CI)c1ccccc1Br. The van der Waals surface area contributed by atoms with E-state index in [0.717, 1.165) is 15.5 Å². The molecule has 0 bridgehead atoms. The van der Waals surface area contributed by atoms with Crippen molar-refractivity contribution in [2.75, 3.05) is 24.2 Å². The first-order valence-electron chi connectivity index (χ1n) is 6.52. The maximum Gasteiger partial charge on any atom is 0.100 e. The maximum absolute atomic E-state index is 6.06. The molecule has 0 aliphatic heterocycles. The van der Waals surface area contributed by atoms with Gasteiger partial charge in [-0.15, -0.1) is 0 Å². The minimum absolute atomic E-state index is 0.276. The van der Waals surface area contributed by atoms with Crippen LogP contribution in [0.4, 0.5) is 0 Å². The van der Waals surface area contributed by atoms with E-state index in [2.05, 4.69) is 71.4 Å².